The molecule has 0 aliphatic heterocycles. The standard InChI is InChI=1S/C33H36N6O/c1-4-15-34-19-29-35-27-13-9-23-17-21(7-11-25(23)32(27)37-29)22-8-12-26-24(18-22)10-14-28-33(26)38-30(36-28)20-39(16-5-2)31(40)6-3/h7-14,17-18,34H,4-6,15-16,19-20H2,1-3H3,(H,35,37)(H,36,38). The molecule has 6 rings (SSSR count). The molecule has 204 valence electrons. The number of benzene rings is 4. The number of aromatic amines is 2. The molecule has 0 unspecified atom stereocenters. The second-order valence-corrected chi connectivity index (χ2v) is 10.5. The Hall–Kier alpha value is -4.23. The largest absolute Gasteiger partial charge is 0.341 e. The topological polar surface area (TPSA) is 89.7 Å². The first-order chi connectivity index (χ1) is 19.6. The van der Waals surface area contributed by atoms with Crippen LogP contribution < -0.4 is 5.32 Å². The number of hydrogen-bond acceptors (Lipinski definition) is 4. The normalized spacial score (nSPS) is 11.8. The third kappa shape index (κ3) is 4.93. The third-order valence-corrected chi connectivity index (χ3v) is 7.58. The van der Waals surface area contributed by atoms with Gasteiger partial charge in [0.1, 0.15) is 11.6 Å². The summed E-state index contributed by atoms with van der Waals surface area (Å²) in [7, 11) is 0. The molecular weight excluding hydrogens is 496 g/mol. The van der Waals surface area contributed by atoms with Crippen LogP contribution >= 0.6 is 0 Å². The Morgan fingerprint density at radius 2 is 1.38 bits per heavy atom. The second kappa shape index (κ2) is 11.1. The second-order valence-electron chi connectivity index (χ2n) is 10.5. The molecule has 0 radical (unpaired) electrons. The van der Waals surface area contributed by atoms with Crippen molar-refractivity contribution in [3.63, 3.8) is 0 Å². The van der Waals surface area contributed by atoms with Crippen molar-refractivity contribution in [2.24, 2.45) is 0 Å². The highest BCUT2D eigenvalue weighted by molar-refractivity contribution is 6.07. The summed E-state index contributed by atoms with van der Waals surface area (Å²) in [5.41, 5.74) is 6.37. The number of H-pyrrole nitrogens is 2. The molecule has 2 aromatic heterocycles. The van der Waals surface area contributed by atoms with Gasteiger partial charge in [-0.2, -0.15) is 0 Å². The van der Waals surface area contributed by atoms with E-state index >= 15 is 0 Å². The van der Waals surface area contributed by atoms with Gasteiger partial charge in [-0.3, -0.25) is 4.79 Å². The lowest BCUT2D eigenvalue weighted by atomic mass is 9.98. The monoisotopic (exact) mass is 532 g/mol. The zero-order chi connectivity index (χ0) is 27.6. The van der Waals surface area contributed by atoms with Gasteiger partial charge >= 0.3 is 0 Å². The fourth-order valence-electron chi connectivity index (χ4n) is 5.57. The minimum absolute atomic E-state index is 0.157. The van der Waals surface area contributed by atoms with Crippen molar-refractivity contribution in [1.29, 1.82) is 0 Å². The average molecular weight is 533 g/mol. The van der Waals surface area contributed by atoms with Crippen molar-refractivity contribution in [1.82, 2.24) is 30.2 Å². The van der Waals surface area contributed by atoms with Crippen molar-refractivity contribution in [2.45, 2.75) is 53.1 Å². The van der Waals surface area contributed by atoms with E-state index in [2.05, 4.69) is 89.8 Å². The lowest BCUT2D eigenvalue weighted by molar-refractivity contribution is -0.131. The number of fused-ring (bicyclic) bond motifs is 6. The zero-order valence-corrected chi connectivity index (χ0v) is 23.5. The fraction of sp³-hybridized carbons (Fsp3) is 0.303. The molecule has 40 heavy (non-hydrogen) atoms. The van der Waals surface area contributed by atoms with Gasteiger partial charge < -0.3 is 20.2 Å². The maximum atomic E-state index is 12.4. The number of amides is 1. The number of nitrogens with one attached hydrogen (secondary N) is 3. The summed E-state index contributed by atoms with van der Waals surface area (Å²) in [6.07, 6.45) is 2.54. The highest BCUT2D eigenvalue weighted by atomic mass is 16.2. The minimum atomic E-state index is 0.157. The molecule has 0 aliphatic carbocycles. The molecule has 0 bridgehead atoms. The van der Waals surface area contributed by atoms with Crippen LogP contribution in [0.2, 0.25) is 0 Å². The van der Waals surface area contributed by atoms with Crippen molar-refractivity contribution in [2.75, 3.05) is 13.1 Å². The maximum absolute atomic E-state index is 12.4. The number of carbonyl (C=O) groups is 1. The van der Waals surface area contributed by atoms with E-state index < -0.39 is 0 Å². The van der Waals surface area contributed by atoms with E-state index in [1.54, 1.807) is 0 Å². The van der Waals surface area contributed by atoms with E-state index in [1.807, 2.05) is 11.8 Å². The number of rotatable bonds is 10. The quantitative estimate of drug-likeness (QED) is 0.165. The Labute approximate surface area is 234 Å². The van der Waals surface area contributed by atoms with Gasteiger partial charge in [0.2, 0.25) is 5.91 Å². The molecule has 6 aromatic rings. The number of hydrogen-bond donors (Lipinski definition) is 3. The molecule has 7 nitrogen and oxygen atoms in total. The van der Waals surface area contributed by atoms with Gasteiger partial charge in [0.25, 0.3) is 0 Å². The van der Waals surface area contributed by atoms with Crippen LogP contribution in [0.5, 0.6) is 0 Å². The first-order valence-electron chi connectivity index (χ1n) is 14.4. The van der Waals surface area contributed by atoms with Crippen LogP contribution in [0.3, 0.4) is 0 Å². The number of aromatic nitrogens is 4. The van der Waals surface area contributed by atoms with E-state index in [0.29, 0.717) is 13.0 Å². The smallest absolute Gasteiger partial charge is 0.222 e. The van der Waals surface area contributed by atoms with Gasteiger partial charge in [-0.15, -0.1) is 0 Å². The number of carbonyl (C=O) groups excluding carboxylic acids is 1. The number of nitrogens with zero attached hydrogens (tertiary/aromatic N) is 3. The lowest BCUT2D eigenvalue weighted by Gasteiger charge is -2.20. The van der Waals surface area contributed by atoms with E-state index in [9.17, 15) is 4.79 Å². The van der Waals surface area contributed by atoms with Gasteiger partial charge in [0, 0.05) is 23.7 Å². The van der Waals surface area contributed by atoms with Gasteiger partial charge in [-0.05, 0) is 65.6 Å². The molecule has 1 amide bonds. The molecule has 0 spiro atoms. The highest BCUT2D eigenvalue weighted by Gasteiger charge is 2.15. The first-order valence-corrected chi connectivity index (χ1v) is 14.4. The van der Waals surface area contributed by atoms with Crippen LogP contribution in [0.1, 0.15) is 51.7 Å². The number of imidazole rings is 2. The van der Waals surface area contributed by atoms with Crippen LogP contribution in [0, 0.1) is 0 Å². The van der Waals surface area contributed by atoms with Crippen molar-refractivity contribution in [3.05, 3.63) is 72.3 Å². The third-order valence-electron chi connectivity index (χ3n) is 7.58. The van der Waals surface area contributed by atoms with Crippen LogP contribution in [0.25, 0.3) is 54.7 Å². The maximum Gasteiger partial charge on any atom is 0.222 e. The van der Waals surface area contributed by atoms with Gasteiger partial charge in [0.05, 0.1) is 35.2 Å². The van der Waals surface area contributed by atoms with Gasteiger partial charge in [-0.25, -0.2) is 9.97 Å². The molecule has 4 aromatic carbocycles. The highest BCUT2D eigenvalue weighted by Crippen LogP contribution is 2.32. The Morgan fingerprint density at radius 3 is 1.95 bits per heavy atom. The molecule has 2 heterocycles. The predicted molar refractivity (Wildman–Crippen MR) is 164 cm³/mol. The van der Waals surface area contributed by atoms with Crippen molar-refractivity contribution >= 4 is 49.5 Å². The molecule has 0 saturated heterocycles. The van der Waals surface area contributed by atoms with E-state index in [1.165, 1.54) is 16.5 Å². The zero-order valence-electron chi connectivity index (χ0n) is 23.5. The van der Waals surface area contributed by atoms with E-state index in [4.69, 9.17) is 9.97 Å². The summed E-state index contributed by atoms with van der Waals surface area (Å²) in [4.78, 5) is 30.9. The van der Waals surface area contributed by atoms with Gasteiger partial charge in [-0.1, -0.05) is 57.2 Å². The Kier molecular flexibility index (Phi) is 7.22. The fourth-order valence-corrected chi connectivity index (χ4v) is 5.57. The van der Waals surface area contributed by atoms with Crippen molar-refractivity contribution < 1.29 is 4.79 Å². The molecule has 0 atom stereocenters. The summed E-state index contributed by atoms with van der Waals surface area (Å²) in [6, 6.07) is 21.7. The molecule has 0 fully saturated rings. The molecule has 7 heteroatoms. The molecule has 3 N–H and O–H groups in total. The van der Waals surface area contributed by atoms with Crippen LogP contribution in [0.4, 0.5) is 0 Å². The molecule has 0 aliphatic rings. The minimum Gasteiger partial charge on any atom is -0.341 e. The van der Waals surface area contributed by atoms with Gasteiger partial charge in [0.15, 0.2) is 0 Å². The van der Waals surface area contributed by atoms with Crippen LogP contribution in [0.15, 0.2) is 60.7 Å². The summed E-state index contributed by atoms with van der Waals surface area (Å²) in [5, 5.41) is 8.01. The summed E-state index contributed by atoms with van der Waals surface area (Å²) in [6.45, 7) is 9.14. The predicted octanol–water partition coefficient (Wildman–Crippen LogP) is 7.06. The summed E-state index contributed by atoms with van der Waals surface area (Å²) < 4.78 is 0. The lowest BCUT2D eigenvalue weighted by Crippen LogP contribution is -2.30. The van der Waals surface area contributed by atoms with Crippen LogP contribution in [-0.4, -0.2) is 43.8 Å². The van der Waals surface area contributed by atoms with Crippen LogP contribution in [-0.2, 0) is 17.9 Å². The Morgan fingerprint density at radius 1 is 0.775 bits per heavy atom. The van der Waals surface area contributed by atoms with E-state index in [-0.39, 0.29) is 5.91 Å². The summed E-state index contributed by atoms with van der Waals surface area (Å²) in [5.74, 6) is 1.95. The molecule has 0 saturated carbocycles. The Balaban J connectivity index is 1.31. The first kappa shape index (κ1) is 26.0. The van der Waals surface area contributed by atoms with Crippen molar-refractivity contribution in [3.8, 4) is 11.1 Å². The summed E-state index contributed by atoms with van der Waals surface area (Å²) >= 11 is 0. The molecular formula is C33H36N6O. The average Bonchev–Trinajstić information content (AvgIpc) is 3.60. The SMILES string of the molecule is CCCNCc1nc2c(ccc3cc(-c4ccc5c(ccc6[nH]c(CN(CCC)C(=O)CC)nc65)c4)ccc32)[nH]1. The van der Waals surface area contributed by atoms with E-state index in [0.717, 1.165) is 82.4 Å². The Bertz CT molecular complexity index is 1830.